The van der Waals surface area contributed by atoms with Crippen LogP contribution in [0.15, 0.2) is 68.1 Å². The third kappa shape index (κ3) is 3.38. The Bertz CT molecular complexity index is 1550. The summed E-state index contributed by atoms with van der Waals surface area (Å²) in [5, 5.41) is 6.63. The molecule has 1 aliphatic rings. The normalized spacial score (nSPS) is 16.8. The molecule has 0 saturated carbocycles. The van der Waals surface area contributed by atoms with E-state index in [2.05, 4.69) is 10.1 Å². The molecule has 0 spiro atoms. The smallest absolute Gasteiger partial charge is 0.332 e. The van der Waals surface area contributed by atoms with Crippen molar-refractivity contribution in [1.82, 2.24) is 23.7 Å². The Hall–Kier alpha value is -3.92. The van der Waals surface area contributed by atoms with Crippen molar-refractivity contribution >= 4 is 34.4 Å². The molecule has 5 rings (SSSR count). The molecule has 0 fully saturated rings. The van der Waals surface area contributed by atoms with E-state index in [1.54, 1.807) is 37.5 Å². The second-order valence-electron chi connectivity index (χ2n) is 8.18. The number of hydrazone groups is 1. The van der Waals surface area contributed by atoms with Crippen molar-refractivity contribution in [1.29, 1.82) is 0 Å². The van der Waals surface area contributed by atoms with E-state index in [1.807, 2.05) is 12.1 Å². The number of benzene rings is 1. The van der Waals surface area contributed by atoms with Crippen molar-refractivity contribution in [2.45, 2.75) is 25.4 Å². The highest BCUT2D eigenvalue weighted by Gasteiger charge is 2.37. The van der Waals surface area contributed by atoms with E-state index in [9.17, 15) is 14.4 Å². The van der Waals surface area contributed by atoms with Crippen molar-refractivity contribution in [2.75, 3.05) is 0 Å². The maximum absolute atomic E-state index is 13.7. The van der Waals surface area contributed by atoms with Gasteiger partial charge in [0.15, 0.2) is 11.2 Å². The molecular weight excluding hydrogens is 460 g/mol. The number of aromatic nitrogens is 4. The summed E-state index contributed by atoms with van der Waals surface area (Å²) in [5.41, 5.74) is 0.928. The fourth-order valence-electron chi connectivity index (χ4n) is 4.20. The van der Waals surface area contributed by atoms with Gasteiger partial charge >= 0.3 is 5.69 Å². The molecule has 4 heterocycles. The first kappa shape index (κ1) is 21.9. The van der Waals surface area contributed by atoms with Crippen LogP contribution in [0.3, 0.4) is 0 Å². The van der Waals surface area contributed by atoms with E-state index in [0.29, 0.717) is 22.9 Å². The number of amides is 1. The Morgan fingerprint density at radius 1 is 1.15 bits per heavy atom. The lowest BCUT2D eigenvalue weighted by molar-refractivity contribution is -0.136. The first-order chi connectivity index (χ1) is 16.3. The third-order valence-corrected chi connectivity index (χ3v) is 6.39. The highest BCUT2D eigenvalue weighted by Crippen LogP contribution is 2.35. The van der Waals surface area contributed by atoms with Gasteiger partial charge in [-0.05, 0) is 36.8 Å². The molecule has 4 aromatic rings. The standard InChI is InChI=1S/C23H21ClN6O4/c1-13(29-12-25-20-19(29)22(32)28(3)23(33)27(20)2)21(31)30-17(18-5-4-10-34-18)11-16(26-30)14-6-8-15(24)9-7-14/h4-10,12-13,17H,11H2,1-3H3/t13-,17+/m1/s1. The molecule has 34 heavy (non-hydrogen) atoms. The number of nitrogens with zero attached hydrogens (tertiary/aromatic N) is 6. The zero-order valence-corrected chi connectivity index (χ0v) is 19.4. The molecule has 1 aromatic carbocycles. The Morgan fingerprint density at radius 2 is 1.88 bits per heavy atom. The number of hydrogen-bond donors (Lipinski definition) is 0. The highest BCUT2D eigenvalue weighted by atomic mass is 35.5. The van der Waals surface area contributed by atoms with Crippen LogP contribution in [0.5, 0.6) is 0 Å². The van der Waals surface area contributed by atoms with Gasteiger partial charge < -0.3 is 8.98 Å². The number of carbonyl (C=O) groups excluding carboxylic acids is 1. The third-order valence-electron chi connectivity index (χ3n) is 6.13. The minimum Gasteiger partial charge on any atom is -0.467 e. The van der Waals surface area contributed by atoms with Crippen molar-refractivity contribution in [3.63, 3.8) is 0 Å². The van der Waals surface area contributed by atoms with Gasteiger partial charge in [-0.3, -0.25) is 18.7 Å². The molecule has 0 bridgehead atoms. The predicted molar refractivity (Wildman–Crippen MR) is 126 cm³/mol. The minimum absolute atomic E-state index is 0.168. The van der Waals surface area contributed by atoms with Crippen LogP contribution in [0.1, 0.15) is 36.8 Å². The van der Waals surface area contributed by atoms with Gasteiger partial charge in [0.1, 0.15) is 17.8 Å². The Kier molecular flexibility index (Phi) is 5.24. The predicted octanol–water partition coefficient (Wildman–Crippen LogP) is 2.62. The molecule has 1 amide bonds. The minimum atomic E-state index is -0.819. The molecule has 1 aliphatic heterocycles. The topological polar surface area (TPSA) is 108 Å². The Labute approximate surface area is 198 Å². The molecule has 0 unspecified atom stereocenters. The maximum Gasteiger partial charge on any atom is 0.332 e. The van der Waals surface area contributed by atoms with Gasteiger partial charge in [0.05, 0.1) is 18.3 Å². The van der Waals surface area contributed by atoms with Gasteiger partial charge in [-0.25, -0.2) is 14.8 Å². The van der Waals surface area contributed by atoms with Gasteiger partial charge in [-0.15, -0.1) is 0 Å². The first-order valence-corrected chi connectivity index (χ1v) is 11.0. The molecule has 174 valence electrons. The summed E-state index contributed by atoms with van der Waals surface area (Å²) >= 11 is 6.02. The SMILES string of the molecule is C[C@H](C(=O)N1N=C(c2ccc(Cl)cc2)C[C@H]1c1ccco1)n1cnc2c1c(=O)n(C)c(=O)n2C. The number of halogens is 1. The van der Waals surface area contributed by atoms with Gasteiger partial charge in [0.2, 0.25) is 0 Å². The number of furan rings is 1. The van der Waals surface area contributed by atoms with Crippen LogP contribution in [0.25, 0.3) is 11.2 Å². The Balaban J connectivity index is 1.57. The maximum atomic E-state index is 13.7. The number of fused-ring (bicyclic) bond motifs is 1. The highest BCUT2D eigenvalue weighted by molar-refractivity contribution is 6.30. The quantitative estimate of drug-likeness (QED) is 0.446. The summed E-state index contributed by atoms with van der Waals surface area (Å²) in [4.78, 5) is 43.0. The second kappa shape index (κ2) is 8.14. The van der Waals surface area contributed by atoms with Crippen LogP contribution in [-0.2, 0) is 18.9 Å². The van der Waals surface area contributed by atoms with Crippen LogP contribution in [0.2, 0.25) is 5.02 Å². The first-order valence-electron chi connectivity index (χ1n) is 10.6. The van der Waals surface area contributed by atoms with E-state index < -0.39 is 23.3 Å². The lowest BCUT2D eigenvalue weighted by atomic mass is 10.0. The molecule has 0 aliphatic carbocycles. The average molecular weight is 481 g/mol. The van der Waals surface area contributed by atoms with Crippen LogP contribution in [0.4, 0.5) is 0 Å². The molecule has 0 saturated heterocycles. The van der Waals surface area contributed by atoms with Gasteiger partial charge in [-0.1, -0.05) is 23.7 Å². The largest absolute Gasteiger partial charge is 0.467 e. The van der Waals surface area contributed by atoms with Crippen molar-refractivity contribution in [2.24, 2.45) is 19.2 Å². The number of carbonyl (C=O) groups is 1. The van der Waals surface area contributed by atoms with Crippen molar-refractivity contribution in [3.8, 4) is 0 Å². The second-order valence-corrected chi connectivity index (χ2v) is 8.61. The molecule has 11 heteroatoms. The molecular formula is C23H21ClN6O4. The van der Waals surface area contributed by atoms with Gasteiger partial charge in [0.25, 0.3) is 11.5 Å². The van der Waals surface area contributed by atoms with Crippen molar-refractivity contribution < 1.29 is 9.21 Å². The lowest BCUT2D eigenvalue weighted by Gasteiger charge is -2.24. The van der Waals surface area contributed by atoms with E-state index in [-0.39, 0.29) is 17.1 Å². The van der Waals surface area contributed by atoms with Crippen LogP contribution in [-0.4, -0.2) is 35.3 Å². The summed E-state index contributed by atoms with van der Waals surface area (Å²) in [6.07, 6.45) is 3.40. The fraction of sp³-hybridized carbons (Fsp3) is 0.261. The molecule has 3 aromatic heterocycles. The summed E-state index contributed by atoms with van der Waals surface area (Å²) in [5.74, 6) is 0.252. The number of rotatable bonds is 4. The number of aryl methyl sites for hydroxylation is 1. The van der Waals surface area contributed by atoms with E-state index in [4.69, 9.17) is 16.0 Å². The van der Waals surface area contributed by atoms with E-state index in [1.165, 1.54) is 34.6 Å². The van der Waals surface area contributed by atoms with E-state index >= 15 is 0 Å². The summed E-state index contributed by atoms with van der Waals surface area (Å²) < 4.78 is 9.36. The zero-order valence-electron chi connectivity index (χ0n) is 18.7. The van der Waals surface area contributed by atoms with Gasteiger partial charge in [-0.2, -0.15) is 5.10 Å². The summed E-state index contributed by atoms with van der Waals surface area (Å²) in [6.45, 7) is 1.67. The summed E-state index contributed by atoms with van der Waals surface area (Å²) in [7, 11) is 2.92. The monoisotopic (exact) mass is 480 g/mol. The fourth-order valence-corrected chi connectivity index (χ4v) is 4.33. The Morgan fingerprint density at radius 3 is 2.56 bits per heavy atom. The zero-order chi connectivity index (χ0) is 24.1. The molecule has 10 nitrogen and oxygen atoms in total. The van der Waals surface area contributed by atoms with Crippen molar-refractivity contribution in [3.05, 3.63) is 86.2 Å². The number of hydrogen-bond acceptors (Lipinski definition) is 6. The molecule has 2 atom stereocenters. The molecule has 0 radical (unpaired) electrons. The van der Waals surface area contributed by atoms with Crippen LogP contribution < -0.4 is 11.2 Å². The number of imidazole rings is 1. The van der Waals surface area contributed by atoms with E-state index in [0.717, 1.165) is 10.1 Å². The molecule has 0 N–H and O–H groups in total. The lowest BCUT2D eigenvalue weighted by Crippen LogP contribution is -2.39. The average Bonchev–Trinajstić information content (AvgIpc) is 3.59. The van der Waals surface area contributed by atoms with Crippen LogP contribution >= 0.6 is 11.6 Å². The summed E-state index contributed by atoms with van der Waals surface area (Å²) in [6, 6.07) is 9.54. The van der Waals surface area contributed by atoms with Crippen LogP contribution in [0, 0.1) is 0 Å². The van der Waals surface area contributed by atoms with Gasteiger partial charge in [0, 0.05) is 25.5 Å².